The maximum atomic E-state index is 12.8. The van der Waals surface area contributed by atoms with Crippen molar-refractivity contribution in [3.05, 3.63) is 65.2 Å². The molecule has 7 heteroatoms. The van der Waals surface area contributed by atoms with Crippen molar-refractivity contribution in [2.45, 2.75) is 32.5 Å². The van der Waals surface area contributed by atoms with Crippen molar-refractivity contribution in [3.8, 4) is 0 Å². The van der Waals surface area contributed by atoms with Gasteiger partial charge in [-0.15, -0.1) is 0 Å². The standard InChI is InChI=1S/C19H19F3N2O2/c1-12-6-8-14(9-7-12)17(23-13(2)25)11-18(26)24-16-5-3-4-15(10-16)19(20,21)22/h3-10,17H,11H2,1-2H3,(H,23,25)(H,24,26). The molecule has 2 N–H and O–H groups in total. The van der Waals surface area contributed by atoms with Gasteiger partial charge in [-0.3, -0.25) is 9.59 Å². The number of carbonyl (C=O) groups excluding carboxylic acids is 2. The summed E-state index contributed by atoms with van der Waals surface area (Å²) in [6.07, 6.45) is -4.58. The molecule has 0 aromatic heterocycles. The van der Waals surface area contributed by atoms with Crippen LogP contribution < -0.4 is 10.6 Å². The van der Waals surface area contributed by atoms with E-state index in [0.717, 1.165) is 23.3 Å². The molecule has 2 rings (SSSR count). The number of nitrogens with one attached hydrogen (secondary N) is 2. The van der Waals surface area contributed by atoms with Gasteiger partial charge in [0.1, 0.15) is 0 Å². The van der Waals surface area contributed by atoms with Crippen molar-refractivity contribution in [1.29, 1.82) is 0 Å². The van der Waals surface area contributed by atoms with Crippen LogP contribution >= 0.6 is 0 Å². The fourth-order valence-electron chi connectivity index (χ4n) is 2.47. The Balaban J connectivity index is 2.12. The maximum Gasteiger partial charge on any atom is 0.416 e. The molecule has 2 aromatic rings. The third-order valence-corrected chi connectivity index (χ3v) is 3.72. The van der Waals surface area contributed by atoms with Crippen LogP contribution in [0.25, 0.3) is 0 Å². The lowest BCUT2D eigenvalue weighted by Gasteiger charge is -2.18. The van der Waals surface area contributed by atoms with Gasteiger partial charge in [-0.25, -0.2) is 0 Å². The number of anilines is 1. The predicted octanol–water partition coefficient (Wildman–Crippen LogP) is 4.22. The van der Waals surface area contributed by atoms with Gasteiger partial charge in [-0.1, -0.05) is 35.9 Å². The average Bonchev–Trinajstić information content (AvgIpc) is 2.54. The lowest BCUT2D eigenvalue weighted by atomic mass is 10.0. The van der Waals surface area contributed by atoms with Gasteiger partial charge in [0.25, 0.3) is 0 Å². The van der Waals surface area contributed by atoms with Crippen LogP contribution in [0.2, 0.25) is 0 Å². The van der Waals surface area contributed by atoms with E-state index >= 15 is 0 Å². The van der Waals surface area contributed by atoms with Crippen LogP contribution in [0.15, 0.2) is 48.5 Å². The van der Waals surface area contributed by atoms with Crippen LogP contribution in [0.1, 0.15) is 36.1 Å². The number of carbonyl (C=O) groups is 2. The molecule has 2 amide bonds. The molecule has 0 aliphatic heterocycles. The Bertz CT molecular complexity index is 786. The molecule has 0 spiro atoms. The SMILES string of the molecule is CC(=O)NC(CC(=O)Nc1cccc(C(F)(F)F)c1)c1ccc(C)cc1. The van der Waals surface area contributed by atoms with Crippen molar-refractivity contribution in [2.75, 3.05) is 5.32 Å². The van der Waals surface area contributed by atoms with E-state index < -0.39 is 23.7 Å². The molecular weight excluding hydrogens is 345 g/mol. The van der Waals surface area contributed by atoms with Gasteiger partial charge in [-0.2, -0.15) is 13.2 Å². The molecule has 0 saturated carbocycles. The monoisotopic (exact) mass is 364 g/mol. The number of benzene rings is 2. The van der Waals surface area contributed by atoms with Crippen molar-refractivity contribution >= 4 is 17.5 Å². The molecule has 0 bridgehead atoms. The second-order valence-corrected chi connectivity index (χ2v) is 5.99. The highest BCUT2D eigenvalue weighted by Crippen LogP contribution is 2.30. The predicted molar refractivity (Wildman–Crippen MR) is 92.4 cm³/mol. The van der Waals surface area contributed by atoms with Crippen LogP contribution in [-0.4, -0.2) is 11.8 Å². The van der Waals surface area contributed by atoms with E-state index in [1.54, 1.807) is 12.1 Å². The van der Waals surface area contributed by atoms with Gasteiger partial charge < -0.3 is 10.6 Å². The van der Waals surface area contributed by atoms with Crippen LogP contribution in [-0.2, 0) is 15.8 Å². The second kappa shape index (κ2) is 8.03. The number of aryl methyl sites for hydroxylation is 1. The quantitative estimate of drug-likeness (QED) is 0.835. The Labute approximate surface area is 149 Å². The van der Waals surface area contributed by atoms with E-state index in [2.05, 4.69) is 10.6 Å². The Kier molecular flexibility index (Phi) is 6.02. The highest BCUT2D eigenvalue weighted by Gasteiger charge is 2.30. The number of rotatable bonds is 5. The number of hydrogen-bond donors (Lipinski definition) is 2. The molecule has 1 unspecified atom stereocenters. The fraction of sp³-hybridized carbons (Fsp3) is 0.263. The molecule has 0 saturated heterocycles. The van der Waals surface area contributed by atoms with Crippen molar-refractivity contribution in [3.63, 3.8) is 0 Å². The minimum Gasteiger partial charge on any atom is -0.349 e. The summed E-state index contributed by atoms with van der Waals surface area (Å²) in [4.78, 5) is 23.7. The first-order chi connectivity index (χ1) is 12.1. The van der Waals surface area contributed by atoms with Crippen molar-refractivity contribution < 1.29 is 22.8 Å². The minimum atomic E-state index is -4.48. The van der Waals surface area contributed by atoms with E-state index in [4.69, 9.17) is 0 Å². The minimum absolute atomic E-state index is 0.0512. The first kappa shape index (κ1) is 19.5. The average molecular weight is 364 g/mol. The third kappa shape index (κ3) is 5.61. The molecular formula is C19H19F3N2O2. The summed E-state index contributed by atoms with van der Waals surface area (Å²) in [6.45, 7) is 3.25. The smallest absolute Gasteiger partial charge is 0.349 e. The number of halogens is 3. The fourth-order valence-corrected chi connectivity index (χ4v) is 2.47. The van der Waals surface area contributed by atoms with Crippen LogP contribution in [0.4, 0.5) is 18.9 Å². The van der Waals surface area contributed by atoms with Crippen LogP contribution in [0, 0.1) is 6.92 Å². The number of amides is 2. The van der Waals surface area contributed by atoms with Gasteiger partial charge in [0, 0.05) is 12.6 Å². The van der Waals surface area contributed by atoms with Crippen LogP contribution in [0.3, 0.4) is 0 Å². The molecule has 0 fully saturated rings. The van der Waals surface area contributed by atoms with Gasteiger partial charge in [-0.05, 0) is 30.7 Å². The summed E-state index contributed by atoms with van der Waals surface area (Å²) < 4.78 is 38.3. The van der Waals surface area contributed by atoms with Crippen molar-refractivity contribution in [1.82, 2.24) is 5.32 Å². The molecule has 0 radical (unpaired) electrons. The third-order valence-electron chi connectivity index (χ3n) is 3.72. The van der Waals surface area contributed by atoms with Gasteiger partial charge >= 0.3 is 6.18 Å². The molecule has 4 nitrogen and oxygen atoms in total. The number of alkyl halides is 3. The summed E-state index contributed by atoms with van der Waals surface area (Å²) >= 11 is 0. The zero-order valence-electron chi connectivity index (χ0n) is 14.4. The first-order valence-corrected chi connectivity index (χ1v) is 7.96. The normalized spacial score (nSPS) is 12.3. The molecule has 138 valence electrons. The molecule has 26 heavy (non-hydrogen) atoms. The molecule has 0 aliphatic rings. The summed E-state index contributed by atoms with van der Waals surface area (Å²) in [7, 11) is 0. The molecule has 0 aliphatic carbocycles. The lowest BCUT2D eigenvalue weighted by molar-refractivity contribution is -0.137. The van der Waals surface area contributed by atoms with Gasteiger partial charge in [0.2, 0.25) is 11.8 Å². The molecule has 0 heterocycles. The van der Waals surface area contributed by atoms with E-state index in [-0.39, 0.29) is 18.0 Å². The summed E-state index contributed by atoms with van der Waals surface area (Å²) in [6, 6.07) is 11.2. The molecule has 2 aromatic carbocycles. The maximum absolute atomic E-state index is 12.8. The van der Waals surface area contributed by atoms with Gasteiger partial charge in [0.05, 0.1) is 18.0 Å². The zero-order chi connectivity index (χ0) is 19.3. The van der Waals surface area contributed by atoms with E-state index in [1.165, 1.54) is 19.1 Å². The highest BCUT2D eigenvalue weighted by molar-refractivity contribution is 5.91. The number of hydrogen-bond acceptors (Lipinski definition) is 2. The van der Waals surface area contributed by atoms with E-state index in [0.29, 0.717) is 0 Å². The summed E-state index contributed by atoms with van der Waals surface area (Å²) in [5.41, 5.74) is 0.983. The summed E-state index contributed by atoms with van der Waals surface area (Å²) in [5.74, 6) is -0.800. The van der Waals surface area contributed by atoms with Crippen molar-refractivity contribution in [2.24, 2.45) is 0 Å². The Morgan fingerprint density at radius 1 is 1.08 bits per heavy atom. The summed E-state index contributed by atoms with van der Waals surface area (Å²) in [5, 5.41) is 5.14. The van der Waals surface area contributed by atoms with E-state index in [9.17, 15) is 22.8 Å². The second-order valence-electron chi connectivity index (χ2n) is 5.99. The highest BCUT2D eigenvalue weighted by atomic mass is 19.4. The first-order valence-electron chi connectivity index (χ1n) is 7.96. The topological polar surface area (TPSA) is 58.2 Å². The van der Waals surface area contributed by atoms with E-state index in [1.807, 2.05) is 19.1 Å². The van der Waals surface area contributed by atoms with Crippen LogP contribution in [0.5, 0.6) is 0 Å². The molecule has 1 atom stereocenters. The van der Waals surface area contributed by atoms with Gasteiger partial charge in [0.15, 0.2) is 0 Å². The Hall–Kier alpha value is -2.83. The zero-order valence-corrected chi connectivity index (χ0v) is 14.4. The lowest BCUT2D eigenvalue weighted by Crippen LogP contribution is -2.29. The Morgan fingerprint density at radius 2 is 1.73 bits per heavy atom. The largest absolute Gasteiger partial charge is 0.416 e. The Morgan fingerprint density at radius 3 is 2.31 bits per heavy atom.